The predicted octanol–water partition coefficient (Wildman–Crippen LogP) is 2.87. The van der Waals surface area contributed by atoms with Crippen LogP contribution in [0, 0.1) is 11.8 Å². The first-order valence-electron chi connectivity index (χ1n) is 9.98. The van der Waals surface area contributed by atoms with Crippen LogP contribution < -0.4 is 20.5 Å². The molecule has 3 N–H and O–H groups in total. The first-order valence-corrected chi connectivity index (χ1v) is 9.98. The van der Waals surface area contributed by atoms with Crippen LogP contribution in [0.15, 0.2) is 23.2 Å². The maximum atomic E-state index is 5.98. The third-order valence-electron chi connectivity index (χ3n) is 5.03. The van der Waals surface area contributed by atoms with Gasteiger partial charge in [0.1, 0.15) is 0 Å². The number of likely N-dealkylation sites (tertiary alicyclic amines) is 1. The van der Waals surface area contributed by atoms with Crippen molar-refractivity contribution in [1.29, 1.82) is 0 Å². The van der Waals surface area contributed by atoms with E-state index in [1.807, 2.05) is 18.2 Å². The summed E-state index contributed by atoms with van der Waals surface area (Å²) < 4.78 is 10.6. The molecule has 0 aromatic heterocycles. The predicted molar refractivity (Wildman–Crippen MR) is 111 cm³/mol. The van der Waals surface area contributed by atoms with Gasteiger partial charge in [-0.3, -0.25) is 0 Å². The van der Waals surface area contributed by atoms with Gasteiger partial charge in [0.2, 0.25) is 0 Å². The number of rotatable bonds is 9. The number of ether oxygens (including phenoxy) is 2. The molecule has 2 atom stereocenters. The van der Waals surface area contributed by atoms with Gasteiger partial charge in [-0.15, -0.1) is 0 Å². The minimum atomic E-state index is 0.491. The Labute approximate surface area is 164 Å². The van der Waals surface area contributed by atoms with E-state index in [0.29, 0.717) is 24.0 Å². The summed E-state index contributed by atoms with van der Waals surface area (Å²) in [6.07, 6.45) is 3.66. The largest absolute Gasteiger partial charge is 0.493 e. The van der Waals surface area contributed by atoms with Crippen molar-refractivity contribution in [3.05, 3.63) is 23.8 Å². The van der Waals surface area contributed by atoms with Crippen molar-refractivity contribution < 1.29 is 9.47 Å². The van der Waals surface area contributed by atoms with E-state index < -0.39 is 0 Å². The molecular weight excluding hydrogens is 340 g/mol. The summed E-state index contributed by atoms with van der Waals surface area (Å²) in [7, 11) is 3.26. The number of piperidine rings is 1. The number of methoxy groups -OCH3 is 2. The van der Waals surface area contributed by atoms with Gasteiger partial charge in [-0.25, -0.2) is 4.99 Å². The monoisotopic (exact) mass is 376 g/mol. The van der Waals surface area contributed by atoms with E-state index in [9.17, 15) is 0 Å². The first-order chi connectivity index (χ1) is 13.0. The molecule has 1 saturated heterocycles. The topological polar surface area (TPSA) is 72.1 Å². The van der Waals surface area contributed by atoms with Crippen LogP contribution >= 0.6 is 0 Å². The molecule has 1 aliphatic rings. The SMILES string of the molecule is COc1ccc(CN=C(N)NCCCCN2CC(C)CC(C)C2)cc1OC. The van der Waals surface area contributed by atoms with Gasteiger partial charge in [0.05, 0.1) is 20.8 Å². The zero-order valence-electron chi connectivity index (χ0n) is 17.3. The van der Waals surface area contributed by atoms with Gasteiger partial charge in [-0.1, -0.05) is 19.9 Å². The number of benzene rings is 1. The van der Waals surface area contributed by atoms with Crippen molar-refractivity contribution >= 4 is 5.96 Å². The second kappa shape index (κ2) is 11.0. The second-order valence-electron chi connectivity index (χ2n) is 7.73. The van der Waals surface area contributed by atoms with Crippen LogP contribution in [0.3, 0.4) is 0 Å². The number of guanidine groups is 1. The van der Waals surface area contributed by atoms with Gasteiger partial charge >= 0.3 is 0 Å². The number of hydrogen-bond acceptors (Lipinski definition) is 4. The van der Waals surface area contributed by atoms with Crippen LogP contribution in [0.1, 0.15) is 38.7 Å². The van der Waals surface area contributed by atoms with Crippen LogP contribution in [-0.2, 0) is 6.54 Å². The highest BCUT2D eigenvalue weighted by molar-refractivity contribution is 5.77. The maximum absolute atomic E-state index is 5.98. The highest BCUT2D eigenvalue weighted by Crippen LogP contribution is 2.27. The zero-order valence-corrected chi connectivity index (χ0v) is 17.3. The lowest BCUT2D eigenvalue weighted by atomic mass is 9.92. The average molecular weight is 377 g/mol. The number of nitrogens with zero attached hydrogens (tertiary/aromatic N) is 2. The lowest BCUT2D eigenvalue weighted by molar-refractivity contribution is 0.139. The fourth-order valence-electron chi connectivity index (χ4n) is 3.86. The van der Waals surface area contributed by atoms with Crippen LogP contribution in [0.4, 0.5) is 0 Å². The van der Waals surface area contributed by atoms with Crippen molar-refractivity contribution in [2.45, 2.75) is 39.7 Å². The minimum absolute atomic E-state index is 0.491. The lowest BCUT2D eigenvalue weighted by Crippen LogP contribution is -2.39. The van der Waals surface area contributed by atoms with Crippen LogP contribution in [0.25, 0.3) is 0 Å². The van der Waals surface area contributed by atoms with Crippen LogP contribution in [0.2, 0.25) is 0 Å². The van der Waals surface area contributed by atoms with Crippen LogP contribution in [0.5, 0.6) is 11.5 Å². The van der Waals surface area contributed by atoms with E-state index in [0.717, 1.165) is 30.4 Å². The van der Waals surface area contributed by atoms with Crippen molar-refractivity contribution in [2.75, 3.05) is 40.4 Å². The number of aliphatic imine (C=N–C) groups is 1. The molecule has 2 rings (SSSR count). The molecule has 152 valence electrons. The van der Waals surface area contributed by atoms with Crippen molar-refractivity contribution in [2.24, 2.45) is 22.6 Å². The Balaban J connectivity index is 1.66. The van der Waals surface area contributed by atoms with Gasteiger partial charge < -0.3 is 25.4 Å². The number of nitrogens with two attached hydrogens (primary N) is 1. The summed E-state index contributed by atoms with van der Waals surface area (Å²) in [5, 5.41) is 3.21. The Morgan fingerprint density at radius 1 is 1.15 bits per heavy atom. The molecule has 0 bridgehead atoms. The molecule has 27 heavy (non-hydrogen) atoms. The Morgan fingerprint density at radius 2 is 1.85 bits per heavy atom. The molecule has 0 aliphatic carbocycles. The van der Waals surface area contributed by atoms with E-state index in [-0.39, 0.29) is 0 Å². The Kier molecular flexibility index (Phi) is 8.72. The quantitative estimate of drug-likeness (QED) is 0.394. The van der Waals surface area contributed by atoms with Crippen molar-refractivity contribution in [3.63, 3.8) is 0 Å². The van der Waals surface area contributed by atoms with Crippen LogP contribution in [-0.4, -0.2) is 51.3 Å². The molecule has 1 aromatic rings. The summed E-state index contributed by atoms with van der Waals surface area (Å²) in [6.45, 7) is 9.76. The third kappa shape index (κ3) is 7.29. The molecule has 6 nitrogen and oxygen atoms in total. The summed E-state index contributed by atoms with van der Waals surface area (Å²) in [5.74, 6) is 3.56. The fourth-order valence-corrected chi connectivity index (χ4v) is 3.86. The van der Waals surface area contributed by atoms with Crippen molar-refractivity contribution in [1.82, 2.24) is 10.2 Å². The molecule has 0 radical (unpaired) electrons. The third-order valence-corrected chi connectivity index (χ3v) is 5.03. The first kappa shape index (κ1) is 21.4. The lowest BCUT2D eigenvalue weighted by Gasteiger charge is -2.34. The summed E-state index contributed by atoms with van der Waals surface area (Å²) >= 11 is 0. The normalized spacial score (nSPS) is 21.1. The molecule has 1 fully saturated rings. The molecule has 1 heterocycles. The minimum Gasteiger partial charge on any atom is -0.493 e. The van der Waals surface area contributed by atoms with E-state index in [2.05, 4.69) is 29.1 Å². The Hall–Kier alpha value is -1.95. The van der Waals surface area contributed by atoms with Gasteiger partial charge in [0.25, 0.3) is 0 Å². The van der Waals surface area contributed by atoms with Gasteiger partial charge in [-0.2, -0.15) is 0 Å². The average Bonchev–Trinajstić information content (AvgIpc) is 2.65. The molecule has 1 aliphatic heterocycles. The highest BCUT2D eigenvalue weighted by atomic mass is 16.5. The van der Waals surface area contributed by atoms with E-state index in [1.54, 1.807) is 14.2 Å². The van der Waals surface area contributed by atoms with E-state index in [4.69, 9.17) is 15.2 Å². The Morgan fingerprint density at radius 3 is 2.52 bits per heavy atom. The zero-order chi connectivity index (χ0) is 19.6. The summed E-state index contributed by atoms with van der Waals surface area (Å²) in [6, 6.07) is 5.78. The number of unbranched alkanes of at least 4 members (excludes halogenated alkanes) is 1. The molecule has 1 aromatic carbocycles. The van der Waals surface area contributed by atoms with Gasteiger partial charge in [-0.05, 0) is 55.3 Å². The molecular formula is C21H36N4O2. The second-order valence-corrected chi connectivity index (χ2v) is 7.73. The van der Waals surface area contributed by atoms with E-state index in [1.165, 1.54) is 32.5 Å². The maximum Gasteiger partial charge on any atom is 0.188 e. The molecule has 2 unspecified atom stereocenters. The number of nitrogens with one attached hydrogen (secondary N) is 1. The fraction of sp³-hybridized carbons (Fsp3) is 0.667. The molecule has 0 amide bonds. The molecule has 0 spiro atoms. The summed E-state index contributed by atoms with van der Waals surface area (Å²) in [5.41, 5.74) is 7.02. The molecule has 6 heteroatoms. The smallest absolute Gasteiger partial charge is 0.188 e. The highest BCUT2D eigenvalue weighted by Gasteiger charge is 2.20. The van der Waals surface area contributed by atoms with Crippen molar-refractivity contribution in [3.8, 4) is 11.5 Å². The summed E-state index contributed by atoms with van der Waals surface area (Å²) in [4.78, 5) is 7.01. The number of hydrogen-bond donors (Lipinski definition) is 2. The van der Waals surface area contributed by atoms with Gasteiger partial charge in [0, 0.05) is 19.6 Å². The van der Waals surface area contributed by atoms with E-state index >= 15 is 0 Å². The molecule has 0 saturated carbocycles. The Bertz CT molecular complexity index is 596. The van der Waals surface area contributed by atoms with Gasteiger partial charge in [0.15, 0.2) is 17.5 Å². The standard InChI is InChI=1S/C21H36N4O2/c1-16-11-17(2)15-25(14-16)10-6-5-9-23-21(22)24-13-18-7-8-19(26-3)20(12-18)27-4/h7-8,12,16-17H,5-6,9-11,13-15H2,1-4H3,(H3,22,23,24).